The molecule has 5 nitrogen and oxygen atoms in total. The molecule has 0 aliphatic heterocycles. The van der Waals surface area contributed by atoms with Crippen LogP contribution < -0.4 is 0 Å². The summed E-state index contributed by atoms with van der Waals surface area (Å²) < 4.78 is 0. The van der Waals surface area contributed by atoms with E-state index in [9.17, 15) is 9.59 Å². The molecule has 0 bridgehead atoms. The average Bonchev–Trinajstić information content (AvgIpc) is 2.90. The summed E-state index contributed by atoms with van der Waals surface area (Å²) in [5.41, 5.74) is 2.08. The summed E-state index contributed by atoms with van der Waals surface area (Å²) in [6, 6.07) is 7.90. The molecule has 0 atom stereocenters. The molecule has 0 fully saturated rings. The van der Waals surface area contributed by atoms with Crippen molar-refractivity contribution in [3.63, 3.8) is 0 Å². The molecule has 6 heteroatoms. The second-order valence-electron chi connectivity index (χ2n) is 4.49. The van der Waals surface area contributed by atoms with Crippen molar-refractivity contribution < 1.29 is 14.7 Å². The van der Waals surface area contributed by atoms with E-state index in [0.717, 1.165) is 22.5 Å². The van der Waals surface area contributed by atoms with E-state index < -0.39 is 5.97 Å². The number of carboxylic acid groups (broad SMARTS) is 1. The van der Waals surface area contributed by atoms with Gasteiger partial charge in [-0.3, -0.25) is 4.79 Å². The summed E-state index contributed by atoms with van der Waals surface area (Å²) in [7, 11) is 1.67. The largest absolute Gasteiger partial charge is 0.476 e. The quantitative estimate of drug-likeness (QED) is 0.938. The second-order valence-corrected chi connectivity index (χ2v) is 5.35. The van der Waals surface area contributed by atoms with E-state index >= 15 is 0 Å². The van der Waals surface area contributed by atoms with Crippen LogP contribution in [0.3, 0.4) is 0 Å². The molecule has 0 radical (unpaired) electrons. The average molecular weight is 290 g/mol. The number of aryl methyl sites for hydroxylation is 1. The normalized spacial score (nSPS) is 10.3. The fourth-order valence-electron chi connectivity index (χ4n) is 1.67. The van der Waals surface area contributed by atoms with E-state index in [-0.39, 0.29) is 16.6 Å². The molecule has 1 N–H and O–H groups in total. The van der Waals surface area contributed by atoms with Crippen LogP contribution in [0.5, 0.6) is 0 Å². The Morgan fingerprint density at radius 2 is 1.95 bits per heavy atom. The smallest absolute Gasteiger partial charge is 0.355 e. The van der Waals surface area contributed by atoms with Gasteiger partial charge in [0.05, 0.1) is 0 Å². The minimum atomic E-state index is -1.12. The summed E-state index contributed by atoms with van der Waals surface area (Å²) in [5, 5.41) is 10.4. The SMILES string of the molecule is Cc1ccc(CN(C)C(=O)c2nc(C(=O)O)cs2)cc1. The lowest BCUT2D eigenvalue weighted by Gasteiger charge is -2.15. The molecule has 1 heterocycles. The second kappa shape index (κ2) is 5.83. The topological polar surface area (TPSA) is 70.5 Å². The zero-order chi connectivity index (χ0) is 14.7. The molecule has 0 saturated carbocycles. The maximum atomic E-state index is 12.1. The van der Waals surface area contributed by atoms with E-state index in [2.05, 4.69) is 4.98 Å². The van der Waals surface area contributed by atoms with E-state index in [0.29, 0.717) is 6.54 Å². The minimum Gasteiger partial charge on any atom is -0.476 e. The van der Waals surface area contributed by atoms with Crippen LogP contribution in [0.2, 0.25) is 0 Å². The molecule has 0 saturated heterocycles. The van der Waals surface area contributed by atoms with Crippen LogP contribution >= 0.6 is 11.3 Å². The Morgan fingerprint density at radius 3 is 2.50 bits per heavy atom. The van der Waals surface area contributed by atoms with Gasteiger partial charge >= 0.3 is 5.97 Å². The first-order valence-electron chi connectivity index (χ1n) is 5.97. The van der Waals surface area contributed by atoms with Gasteiger partial charge in [-0.25, -0.2) is 9.78 Å². The van der Waals surface area contributed by atoms with Crippen molar-refractivity contribution in [2.45, 2.75) is 13.5 Å². The Kier molecular flexibility index (Phi) is 4.14. The Labute approximate surface area is 120 Å². The van der Waals surface area contributed by atoms with Crippen LogP contribution in [0, 0.1) is 6.92 Å². The monoisotopic (exact) mass is 290 g/mol. The van der Waals surface area contributed by atoms with Gasteiger partial charge in [0, 0.05) is 19.0 Å². The molecule has 2 aromatic rings. The highest BCUT2D eigenvalue weighted by Crippen LogP contribution is 2.14. The number of benzene rings is 1. The highest BCUT2D eigenvalue weighted by Gasteiger charge is 2.18. The molecular weight excluding hydrogens is 276 g/mol. The van der Waals surface area contributed by atoms with Crippen LogP contribution in [-0.4, -0.2) is 33.9 Å². The van der Waals surface area contributed by atoms with Crippen molar-refractivity contribution in [2.75, 3.05) is 7.05 Å². The number of carbonyl (C=O) groups excluding carboxylic acids is 1. The molecule has 1 amide bonds. The molecule has 0 spiro atoms. The molecule has 0 aliphatic rings. The Balaban J connectivity index is 2.07. The summed E-state index contributed by atoms with van der Waals surface area (Å²) in [5.74, 6) is -1.40. The first kappa shape index (κ1) is 14.2. The summed E-state index contributed by atoms with van der Waals surface area (Å²) >= 11 is 1.04. The van der Waals surface area contributed by atoms with Crippen molar-refractivity contribution >= 4 is 23.2 Å². The number of carboxylic acids is 1. The van der Waals surface area contributed by atoms with Crippen LogP contribution in [0.15, 0.2) is 29.6 Å². The van der Waals surface area contributed by atoms with Gasteiger partial charge < -0.3 is 10.0 Å². The zero-order valence-electron chi connectivity index (χ0n) is 11.2. The maximum absolute atomic E-state index is 12.1. The molecule has 0 unspecified atom stereocenters. The van der Waals surface area contributed by atoms with Crippen LogP contribution in [0.1, 0.15) is 31.4 Å². The van der Waals surface area contributed by atoms with Crippen LogP contribution in [0.25, 0.3) is 0 Å². The van der Waals surface area contributed by atoms with Crippen molar-refractivity contribution in [2.24, 2.45) is 0 Å². The predicted molar refractivity (Wildman–Crippen MR) is 76.0 cm³/mol. The van der Waals surface area contributed by atoms with Gasteiger partial charge in [-0.1, -0.05) is 29.8 Å². The fourth-order valence-corrected chi connectivity index (χ4v) is 2.46. The lowest BCUT2D eigenvalue weighted by Crippen LogP contribution is -2.26. The van der Waals surface area contributed by atoms with Crippen LogP contribution in [-0.2, 0) is 6.54 Å². The lowest BCUT2D eigenvalue weighted by molar-refractivity contribution is 0.0691. The number of carbonyl (C=O) groups is 2. The number of nitrogens with zero attached hydrogens (tertiary/aromatic N) is 2. The Hall–Kier alpha value is -2.21. The third kappa shape index (κ3) is 3.21. The van der Waals surface area contributed by atoms with Gasteiger partial charge in [0.2, 0.25) is 0 Å². The van der Waals surface area contributed by atoms with Gasteiger partial charge in [0.25, 0.3) is 5.91 Å². The van der Waals surface area contributed by atoms with E-state index in [4.69, 9.17) is 5.11 Å². The number of aromatic nitrogens is 1. The standard InChI is InChI=1S/C14H14N2O3S/c1-9-3-5-10(6-4-9)7-16(2)13(17)12-15-11(8-20-12)14(18)19/h3-6,8H,7H2,1-2H3,(H,18,19). The van der Waals surface area contributed by atoms with Crippen molar-refractivity contribution in [3.8, 4) is 0 Å². The molecule has 1 aromatic heterocycles. The number of hydrogen-bond donors (Lipinski definition) is 1. The van der Waals surface area contributed by atoms with Gasteiger partial charge in [-0.15, -0.1) is 11.3 Å². The van der Waals surface area contributed by atoms with Crippen molar-refractivity contribution in [1.29, 1.82) is 0 Å². The zero-order valence-corrected chi connectivity index (χ0v) is 12.0. The third-order valence-electron chi connectivity index (χ3n) is 2.79. The van der Waals surface area contributed by atoms with Gasteiger partial charge in [0.15, 0.2) is 10.7 Å². The minimum absolute atomic E-state index is 0.0953. The number of hydrogen-bond acceptors (Lipinski definition) is 4. The molecule has 104 valence electrons. The summed E-state index contributed by atoms with van der Waals surface area (Å²) in [6.45, 7) is 2.46. The molecule has 1 aromatic carbocycles. The van der Waals surface area contributed by atoms with Gasteiger partial charge in [0.1, 0.15) is 0 Å². The summed E-state index contributed by atoms with van der Waals surface area (Å²) in [6.07, 6.45) is 0. The lowest BCUT2D eigenvalue weighted by atomic mass is 10.1. The van der Waals surface area contributed by atoms with E-state index in [1.54, 1.807) is 7.05 Å². The highest BCUT2D eigenvalue weighted by molar-refractivity contribution is 7.11. The molecule has 20 heavy (non-hydrogen) atoms. The number of aromatic carboxylic acids is 1. The Bertz CT molecular complexity index is 634. The Morgan fingerprint density at radius 1 is 1.30 bits per heavy atom. The molecular formula is C14H14N2O3S. The molecule has 0 aliphatic carbocycles. The fraction of sp³-hybridized carbons (Fsp3) is 0.214. The van der Waals surface area contributed by atoms with E-state index in [1.807, 2.05) is 31.2 Å². The number of rotatable bonds is 4. The highest BCUT2D eigenvalue weighted by atomic mass is 32.1. The summed E-state index contributed by atoms with van der Waals surface area (Å²) in [4.78, 5) is 28.2. The van der Waals surface area contributed by atoms with E-state index in [1.165, 1.54) is 10.3 Å². The first-order chi connectivity index (χ1) is 9.47. The van der Waals surface area contributed by atoms with Crippen molar-refractivity contribution in [1.82, 2.24) is 9.88 Å². The third-order valence-corrected chi connectivity index (χ3v) is 3.62. The first-order valence-corrected chi connectivity index (χ1v) is 6.85. The van der Waals surface area contributed by atoms with Crippen molar-refractivity contribution in [3.05, 3.63) is 51.5 Å². The maximum Gasteiger partial charge on any atom is 0.355 e. The predicted octanol–water partition coefficient (Wildman–Crippen LogP) is 2.42. The molecule has 2 rings (SSSR count). The van der Waals surface area contributed by atoms with Gasteiger partial charge in [-0.05, 0) is 12.5 Å². The number of thiazole rings is 1. The number of amides is 1. The van der Waals surface area contributed by atoms with Crippen LogP contribution in [0.4, 0.5) is 0 Å². The van der Waals surface area contributed by atoms with Gasteiger partial charge in [-0.2, -0.15) is 0 Å².